The lowest BCUT2D eigenvalue weighted by Gasteiger charge is -2.27. The van der Waals surface area contributed by atoms with Gasteiger partial charge in [0.15, 0.2) is 6.61 Å². The molecule has 0 aliphatic carbocycles. The Morgan fingerprint density at radius 2 is 1.50 bits per heavy atom. The Labute approximate surface area is 223 Å². The van der Waals surface area contributed by atoms with E-state index in [9.17, 15) is 9.59 Å². The Kier molecular flexibility index (Phi) is 10.6. The molecule has 0 aliphatic rings. The second kappa shape index (κ2) is 14.3. The molecule has 38 heavy (non-hydrogen) atoms. The molecular formula is C30H32N2O6. The van der Waals surface area contributed by atoms with Crippen LogP contribution >= 0.6 is 0 Å². The molecule has 0 fully saturated rings. The van der Waals surface area contributed by atoms with E-state index in [1.165, 1.54) is 0 Å². The Morgan fingerprint density at radius 3 is 2.11 bits per heavy atom. The summed E-state index contributed by atoms with van der Waals surface area (Å²) in [5.41, 5.74) is 1.59. The first-order valence-electron chi connectivity index (χ1n) is 12.5. The van der Waals surface area contributed by atoms with E-state index in [1.807, 2.05) is 44.2 Å². The minimum Gasteiger partial charge on any atom is -0.494 e. The predicted molar refractivity (Wildman–Crippen MR) is 144 cm³/mol. The van der Waals surface area contributed by atoms with Gasteiger partial charge in [-0.1, -0.05) is 18.2 Å². The second-order valence-corrected chi connectivity index (χ2v) is 8.84. The minimum absolute atomic E-state index is 0.131. The van der Waals surface area contributed by atoms with Gasteiger partial charge in [-0.15, -0.1) is 0 Å². The third-order valence-electron chi connectivity index (χ3n) is 5.61. The molecule has 198 valence electrons. The van der Waals surface area contributed by atoms with E-state index in [2.05, 4.69) is 6.07 Å². The van der Waals surface area contributed by atoms with Gasteiger partial charge in [0.2, 0.25) is 0 Å². The van der Waals surface area contributed by atoms with Gasteiger partial charge in [0.05, 0.1) is 30.4 Å². The van der Waals surface area contributed by atoms with Crippen molar-refractivity contribution in [1.82, 2.24) is 0 Å². The van der Waals surface area contributed by atoms with Gasteiger partial charge >= 0.3 is 5.97 Å². The van der Waals surface area contributed by atoms with Crippen LogP contribution in [0.5, 0.6) is 17.2 Å². The van der Waals surface area contributed by atoms with Crippen LogP contribution in [-0.2, 0) is 4.79 Å². The third kappa shape index (κ3) is 8.27. The summed E-state index contributed by atoms with van der Waals surface area (Å²) >= 11 is 0. The van der Waals surface area contributed by atoms with Gasteiger partial charge in [-0.2, -0.15) is 5.26 Å². The number of rotatable bonds is 14. The highest BCUT2D eigenvalue weighted by Crippen LogP contribution is 2.29. The summed E-state index contributed by atoms with van der Waals surface area (Å²) in [4.78, 5) is 26.3. The molecule has 0 unspecified atom stereocenters. The zero-order valence-corrected chi connectivity index (χ0v) is 21.6. The van der Waals surface area contributed by atoms with Crippen molar-refractivity contribution >= 4 is 17.6 Å². The number of hydrogen-bond acceptors (Lipinski definition) is 6. The van der Waals surface area contributed by atoms with Crippen molar-refractivity contribution in [3.05, 3.63) is 83.9 Å². The molecule has 1 N–H and O–H groups in total. The van der Waals surface area contributed by atoms with Crippen LogP contribution in [0.1, 0.15) is 49.0 Å². The van der Waals surface area contributed by atoms with Gasteiger partial charge < -0.3 is 24.2 Å². The highest BCUT2D eigenvalue weighted by Gasteiger charge is 2.24. The molecule has 0 heterocycles. The minimum atomic E-state index is -1.14. The molecule has 0 saturated heterocycles. The number of anilines is 1. The Balaban J connectivity index is 1.57. The predicted octanol–water partition coefficient (Wildman–Crippen LogP) is 5.70. The van der Waals surface area contributed by atoms with Gasteiger partial charge in [0, 0.05) is 17.8 Å². The summed E-state index contributed by atoms with van der Waals surface area (Å²) in [6, 6.07) is 23.1. The van der Waals surface area contributed by atoms with E-state index in [-0.39, 0.29) is 23.3 Å². The van der Waals surface area contributed by atoms with Crippen molar-refractivity contribution in [2.24, 2.45) is 0 Å². The summed E-state index contributed by atoms with van der Waals surface area (Å²) in [6.45, 7) is 4.26. The first-order valence-corrected chi connectivity index (χ1v) is 12.5. The smallest absolute Gasteiger partial charge is 0.341 e. The van der Waals surface area contributed by atoms with Crippen LogP contribution in [0.25, 0.3) is 0 Å². The van der Waals surface area contributed by atoms with E-state index >= 15 is 0 Å². The van der Waals surface area contributed by atoms with Gasteiger partial charge in [0.25, 0.3) is 5.91 Å². The number of amides is 1. The van der Waals surface area contributed by atoms with E-state index in [0.717, 1.165) is 30.7 Å². The van der Waals surface area contributed by atoms with E-state index in [0.29, 0.717) is 24.5 Å². The number of ether oxygens (including phenoxy) is 3. The molecule has 0 saturated carbocycles. The quantitative estimate of drug-likeness (QED) is 0.274. The second-order valence-electron chi connectivity index (χ2n) is 8.84. The number of benzene rings is 3. The third-order valence-corrected chi connectivity index (χ3v) is 5.61. The average molecular weight is 517 g/mol. The van der Waals surface area contributed by atoms with E-state index in [1.54, 1.807) is 47.4 Å². The molecule has 0 bridgehead atoms. The van der Waals surface area contributed by atoms with Crippen molar-refractivity contribution in [1.29, 1.82) is 5.26 Å². The Morgan fingerprint density at radius 1 is 0.868 bits per heavy atom. The Bertz CT molecular complexity index is 1240. The number of para-hydroxylation sites is 1. The maximum Gasteiger partial charge on any atom is 0.341 e. The summed E-state index contributed by atoms with van der Waals surface area (Å²) in [5.74, 6) is -0.0481. The maximum absolute atomic E-state index is 13.5. The standard InChI is InChI=1S/C30H32N2O6/c1-22(2)32(24-9-5-3-6-10-24)30(35)27-16-15-26(19-28(27)38-21-29(33)34)37-18-8-4-7-17-36-25-13-11-23(20-31)12-14-25/h3,5-6,9-16,19,22H,4,7-8,17-18,21H2,1-2H3,(H,33,34). The molecule has 0 aliphatic heterocycles. The summed E-state index contributed by atoms with van der Waals surface area (Å²) < 4.78 is 17.0. The van der Waals surface area contributed by atoms with Crippen LogP contribution in [0.15, 0.2) is 72.8 Å². The molecule has 8 nitrogen and oxygen atoms in total. The lowest BCUT2D eigenvalue weighted by molar-refractivity contribution is -0.139. The maximum atomic E-state index is 13.5. The number of nitrogens with zero attached hydrogens (tertiary/aromatic N) is 2. The molecule has 3 aromatic carbocycles. The first kappa shape index (κ1) is 28.1. The number of carboxylic acid groups (broad SMARTS) is 1. The highest BCUT2D eigenvalue weighted by molar-refractivity contribution is 6.08. The van der Waals surface area contributed by atoms with Crippen LogP contribution < -0.4 is 19.1 Å². The van der Waals surface area contributed by atoms with Crippen LogP contribution in [0.3, 0.4) is 0 Å². The van der Waals surface area contributed by atoms with Gasteiger partial charge in [-0.25, -0.2) is 4.79 Å². The van der Waals surface area contributed by atoms with Crippen molar-refractivity contribution in [3.8, 4) is 23.3 Å². The molecular weight excluding hydrogens is 484 g/mol. The number of hydrogen-bond donors (Lipinski definition) is 1. The van der Waals surface area contributed by atoms with Crippen molar-refractivity contribution in [2.75, 3.05) is 24.7 Å². The number of carbonyl (C=O) groups is 2. The molecule has 0 spiro atoms. The number of unbranched alkanes of at least 4 members (excludes halogenated alkanes) is 2. The van der Waals surface area contributed by atoms with Crippen molar-refractivity contribution < 1.29 is 28.9 Å². The molecule has 0 radical (unpaired) electrons. The molecule has 0 atom stereocenters. The average Bonchev–Trinajstić information content (AvgIpc) is 2.92. The molecule has 0 aromatic heterocycles. The number of aliphatic carboxylic acids is 1. The van der Waals surface area contributed by atoms with Crippen molar-refractivity contribution in [2.45, 2.75) is 39.2 Å². The van der Waals surface area contributed by atoms with Gasteiger partial charge in [0.1, 0.15) is 17.2 Å². The van der Waals surface area contributed by atoms with Crippen LogP contribution in [0.4, 0.5) is 5.69 Å². The summed E-state index contributed by atoms with van der Waals surface area (Å²) in [7, 11) is 0. The fraction of sp³-hybridized carbons (Fsp3) is 0.300. The van der Waals surface area contributed by atoms with Crippen LogP contribution in [0.2, 0.25) is 0 Å². The first-order chi connectivity index (χ1) is 18.4. The molecule has 3 aromatic rings. The number of carboxylic acids is 1. The highest BCUT2D eigenvalue weighted by atomic mass is 16.5. The summed E-state index contributed by atoms with van der Waals surface area (Å²) in [5, 5.41) is 18.0. The monoisotopic (exact) mass is 516 g/mol. The largest absolute Gasteiger partial charge is 0.494 e. The van der Waals surface area contributed by atoms with Crippen LogP contribution in [0, 0.1) is 11.3 Å². The lowest BCUT2D eigenvalue weighted by atomic mass is 10.1. The fourth-order valence-corrected chi connectivity index (χ4v) is 3.78. The Hall–Kier alpha value is -4.51. The number of nitriles is 1. The van der Waals surface area contributed by atoms with E-state index < -0.39 is 12.6 Å². The van der Waals surface area contributed by atoms with Gasteiger partial charge in [-0.3, -0.25) is 4.79 Å². The van der Waals surface area contributed by atoms with Crippen LogP contribution in [-0.4, -0.2) is 42.8 Å². The molecule has 1 amide bonds. The SMILES string of the molecule is CC(C)N(C(=O)c1ccc(OCCCCCOc2ccc(C#N)cc2)cc1OCC(=O)O)c1ccccc1. The van der Waals surface area contributed by atoms with Gasteiger partial charge in [-0.05, 0) is 81.6 Å². The topological polar surface area (TPSA) is 109 Å². The normalized spacial score (nSPS) is 10.5. The van der Waals surface area contributed by atoms with Crippen molar-refractivity contribution in [3.63, 3.8) is 0 Å². The lowest BCUT2D eigenvalue weighted by Crippen LogP contribution is -2.37. The zero-order valence-electron chi connectivity index (χ0n) is 21.6. The fourth-order valence-electron chi connectivity index (χ4n) is 3.78. The molecule has 3 rings (SSSR count). The summed E-state index contributed by atoms with van der Waals surface area (Å²) in [6.07, 6.45) is 2.52. The molecule has 8 heteroatoms. The zero-order chi connectivity index (χ0) is 27.3. The van der Waals surface area contributed by atoms with E-state index in [4.69, 9.17) is 24.6 Å². The number of carbonyl (C=O) groups excluding carboxylic acids is 1.